The normalized spacial score (nSPS) is 37.9. The molecule has 0 aromatic carbocycles. The molecule has 1 N–H and O–H groups in total. The quantitative estimate of drug-likeness (QED) is 0.674. The van der Waals surface area contributed by atoms with Gasteiger partial charge in [-0.25, -0.2) is 0 Å². The van der Waals surface area contributed by atoms with Gasteiger partial charge >= 0.3 is 5.97 Å². The molecule has 3 unspecified atom stereocenters. The smallest absolute Gasteiger partial charge is 0.313 e. The molecule has 3 heteroatoms. The average molecular weight is 190 g/mol. The summed E-state index contributed by atoms with van der Waals surface area (Å²) in [5.74, 6) is -0.872. The molecule has 1 aliphatic heterocycles. The number of fused-ring (bicyclic) bond motifs is 2. The van der Waals surface area contributed by atoms with E-state index < -0.39 is 5.97 Å². The first-order chi connectivity index (χ1) is 6.79. The summed E-state index contributed by atoms with van der Waals surface area (Å²) in [6.07, 6.45) is 7.87. The second-order valence-corrected chi connectivity index (χ2v) is 3.83. The highest BCUT2D eigenvalue weighted by Crippen LogP contribution is 2.49. The third-order valence-corrected chi connectivity index (χ3v) is 3.02. The van der Waals surface area contributed by atoms with Crippen LogP contribution in [-0.4, -0.2) is 23.8 Å². The molecule has 14 heavy (non-hydrogen) atoms. The number of carbonyl (C=O) groups is 1. The Bertz CT molecular complexity index is 389. The predicted octanol–water partition coefficient (Wildman–Crippen LogP) is 1.14. The van der Waals surface area contributed by atoms with Crippen LogP contribution < -0.4 is 0 Å². The minimum absolute atomic E-state index is 0.144. The molecule has 0 aromatic heterocycles. The molecule has 0 bridgehead atoms. The molecule has 0 spiro atoms. The second-order valence-electron chi connectivity index (χ2n) is 3.83. The summed E-state index contributed by atoms with van der Waals surface area (Å²) in [5.41, 5.74) is 2.14. The van der Waals surface area contributed by atoms with Gasteiger partial charge in [0.25, 0.3) is 0 Å². The molecule has 3 aliphatic rings. The largest absolute Gasteiger partial charge is 0.481 e. The van der Waals surface area contributed by atoms with Crippen molar-refractivity contribution in [2.45, 2.75) is 6.10 Å². The van der Waals surface area contributed by atoms with E-state index in [4.69, 9.17) is 9.84 Å². The van der Waals surface area contributed by atoms with Gasteiger partial charge in [-0.2, -0.15) is 0 Å². The van der Waals surface area contributed by atoms with Crippen LogP contribution >= 0.6 is 0 Å². The average Bonchev–Trinajstić information content (AvgIpc) is 2.92. The molecule has 72 valence electrons. The van der Waals surface area contributed by atoms with Crippen molar-refractivity contribution in [1.29, 1.82) is 0 Å². The predicted molar refractivity (Wildman–Crippen MR) is 49.7 cm³/mol. The van der Waals surface area contributed by atoms with E-state index in [1.807, 2.05) is 18.2 Å². The Balaban J connectivity index is 2.01. The van der Waals surface area contributed by atoms with Gasteiger partial charge in [-0.1, -0.05) is 24.3 Å². The van der Waals surface area contributed by atoms with Crippen LogP contribution in [0.3, 0.4) is 0 Å². The van der Waals surface area contributed by atoms with E-state index in [0.29, 0.717) is 6.61 Å². The second kappa shape index (κ2) is 2.58. The number of hydrogen-bond acceptors (Lipinski definition) is 2. The Morgan fingerprint density at radius 3 is 3.14 bits per heavy atom. The minimum Gasteiger partial charge on any atom is -0.481 e. The fourth-order valence-electron chi connectivity index (χ4n) is 2.28. The fraction of sp³-hybridized carbons (Fsp3) is 0.364. The lowest BCUT2D eigenvalue weighted by Gasteiger charge is -2.20. The molecule has 3 nitrogen and oxygen atoms in total. The first-order valence-electron chi connectivity index (χ1n) is 4.72. The van der Waals surface area contributed by atoms with E-state index in [1.165, 1.54) is 0 Å². The lowest BCUT2D eigenvalue weighted by atomic mass is 9.93. The summed E-state index contributed by atoms with van der Waals surface area (Å²) in [5, 5.41) is 8.92. The van der Waals surface area contributed by atoms with Gasteiger partial charge in [0.2, 0.25) is 0 Å². The van der Waals surface area contributed by atoms with Gasteiger partial charge in [0.05, 0.1) is 12.7 Å². The van der Waals surface area contributed by atoms with Crippen molar-refractivity contribution < 1.29 is 14.6 Å². The maximum atomic E-state index is 10.8. The molecule has 3 atom stereocenters. The van der Waals surface area contributed by atoms with Gasteiger partial charge in [0.1, 0.15) is 5.92 Å². The van der Waals surface area contributed by atoms with Crippen molar-refractivity contribution in [1.82, 2.24) is 0 Å². The standard InChI is InChI=1S/C11H10O3/c12-11(13)9-8-7-4-2-1-3-6(7)5-14-10(8)9/h1-4,6,9-10H,5H2,(H,12,13). The Kier molecular flexibility index (Phi) is 1.47. The summed E-state index contributed by atoms with van der Waals surface area (Å²) in [6, 6.07) is 0. The van der Waals surface area contributed by atoms with Crippen molar-refractivity contribution in [3.8, 4) is 0 Å². The minimum atomic E-state index is -0.763. The summed E-state index contributed by atoms with van der Waals surface area (Å²) >= 11 is 0. The third kappa shape index (κ3) is 0.930. The van der Waals surface area contributed by atoms with Crippen LogP contribution in [0.25, 0.3) is 0 Å². The molecule has 3 rings (SSSR count). The van der Waals surface area contributed by atoms with Gasteiger partial charge < -0.3 is 9.84 Å². The number of carboxylic acid groups (broad SMARTS) is 1. The molecule has 0 amide bonds. The monoisotopic (exact) mass is 190 g/mol. The van der Waals surface area contributed by atoms with E-state index in [-0.39, 0.29) is 17.9 Å². The molecule has 1 heterocycles. The van der Waals surface area contributed by atoms with Gasteiger partial charge in [0, 0.05) is 5.92 Å². The molecule has 0 saturated heterocycles. The number of ether oxygens (including phenoxy) is 1. The Hall–Kier alpha value is -1.35. The van der Waals surface area contributed by atoms with E-state index in [9.17, 15) is 4.79 Å². The molecule has 2 aliphatic carbocycles. The van der Waals surface area contributed by atoms with Crippen molar-refractivity contribution in [3.63, 3.8) is 0 Å². The highest BCUT2D eigenvalue weighted by molar-refractivity contribution is 5.83. The van der Waals surface area contributed by atoms with Crippen LogP contribution in [0.15, 0.2) is 35.5 Å². The van der Waals surface area contributed by atoms with E-state index in [0.717, 1.165) is 11.1 Å². The van der Waals surface area contributed by atoms with Gasteiger partial charge in [-0.3, -0.25) is 4.79 Å². The first-order valence-corrected chi connectivity index (χ1v) is 4.72. The van der Waals surface area contributed by atoms with Crippen LogP contribution in [0.4, 0.5) is 0 Å². The Morgan fingerprint density at radius 2 is 2.36 bits per heavy atom. The zero-order valence-electron chi connectivity index (χ0n) is 7.51. The molecule has 0 aromatic rings. The number of aliphatic carboxylic acids is 1. The number of carboxylic acids is 1. The molecule has 1 fully saturated rings. The van der Waals surface area contributed by atoms with Gasteiger partial charge in [0.15, 0.2) is 0 Å². The molecule has 1 saturated carbocycles. The van der Waals surface area contributed by atoms with Crippen molar-refractivity contribution >= 4 is 5.97 Å². The molecular formula is C11H10O3. The SMILES string of the molecule is O=C(O)C1C2=C3C=CC=CC3COC21. The molecular weight excluding hydrogens is 180 g/mol. The van der Waals surface area contributed by atoms with Crippen LogP contribution in [0.2, 0.25) is 0 Å². The van der Waals surface area contributed by atoms with Crippen LogP contribution in [0.5, 0.6) is 0 Å². The molecule has 0 radical (unpaired) electrons. The van der Waals surface area contributed by atoms with Crippen molar-refractivity contribution in [3.05, 3.63) is 35.5 Å². The van der Waals surface area contributed by atoms with Crippen LogP contribution in [-0.2, 0) is 9.53 Å². The zero-order valence-corrected chi connectivity index (χ0v) is 7.51. The summed E-state index contributed by atoms with van der Waals surface area (Å²) < 4.78 is 5.47. The zero-order chi connectivity index (χ0) is 9.71. The lowest BCUT2D eigenvalue weighted by Crippen LogP contribution is -2.16. The van der Waals surface area contributed by atoms with Gasteiger partial charge in [-0.15, -0.1) is 0 Å². The maximum Gasteiger partial charge on any atom is 0.313 e. The van der Waals surface area contributed by atoms with Crippen LogP contribution in [0, 0.1) is 11.8 Å². The van der Waals surface area contributed by atoms with Gasteiger partial charge in [-0.05, 0) is 11.1 Å². The lowest BCUT2D eigenvalue weighted by molar-refractivity contribution is -0.139. The van der Waals surface area contributed by atoms with E-state index in [1.54, 1.807) is 0 Å². The highest BCUT2D eigenvalue weighted by atomic mass is 16.5. The summed E-state index contributed by atoms with van der Waals surface area (Å²) in [7, 11) is 0. The topological polar surface area (TPSA) is 46.5 Å². The summed E-state index contributed by atoms with van der Waals surface area (Å²) in [4.78, 5) is 10.8. The first kappa shape index (κ1) is 8.00. The van der Waals surface area contributed by atoms with E-state index >= 15 is 0 Å². The van der Waals surface area contributed by atoms with Crippen molar-refractivity contribution in [2.24, 2.45) is 11.8 Å². The number of rotatable bonds is 1. The van der Waals surface area contributed by atoms with Crippen LogP contribution in [0.1, 0.15) is 0 Å². The maximum absolute atomic E-state index is 10.8. The number of hydrogen-bond donors (Lipinski definition) is 1. The summed E-state index contributed by atoms with van der Waals surface area (Å²) in [6.45, 7) is 0.619. The number of allylic oxidation sites excluding steroid dienone is 3. The third-order valence-electron chi connectivity index (χ3n) is 3.02. The van der Waals surface area contributed by atoms with E-state index in [2.05, 4.69) is 6.08 Å². The fourth-order valence-corrected chi connectivity index (χ4v) is 2.28. The Morgan fingerprint density at radius 1 is 1.50 bits per heavy atom. The Labute approximate surface area is 81.4 Å². The highest BCUT2D eigenvalue weighted by Gasteiger charge is 2.55. The van der Waals surface area contributed by atoms with Crippen molar-refractivity contribution in [2.75, 3.05) is 6.61 Å².